The molecule has 10 heteroatoms. The summed E-state index contributed by atoms with van der Waals surface area (Å²) in [5, 5.41) is 3.12. The maximum absolute atomic E-state index is 13.2. The third-order valence-corrected chi connectivity index (χ3v) is 9.57. The molecule has 0 spiro atoms. The molecule has 2 aromatic rings. The third kappa shape index (κ3) is 9.02. The summed E-state index contributed by atoms with van der Waals surface area (Å²) < 4.78 is 34.6. The molecule has 2 saturated heterocycles. The van der Waals surface area contributed by atoms with Gasteiger partial charge in [-0.25, -0.2) is 13.2 Å². The van der Waals surface area contributed by atoms with Gasteiger partial charge in [0.05, 0.1) is 30.6 Å². The predicted octanol–water partition coefficient (Wildman–Crippen LogP) is 4.37. The van der Waals surface area contributed by atoms with Crippen LogP contribution >= 0.6 is 0 Å². The first kappa shape index (κ1) is 32.0. The van der Waals surface area contributed by atoms with Gasteiger partial charge < -0.3 is 24.6 Å². The van der Waals surface area contributed by atoms with Crippen molar-refractivity contribution in [2.24, 2.45) is 0 Å². The van der Waals surface area contributed by atoms with Crippen LogP contribution in [0.4, 0.5) is 4.79 Å². The van der Waals surface area contributed by atoms with Crippen molar-refractivity contribution in [3.8, 4) is 0 Å². The highest BCUT2D eigenvalue weighted by atomic mass is 32.2. The quantitative estimate of drug-likeness (QED) is 0.409. The van der Waals surface area contributed by atoms with Crippen LogP contribution in [0.25, 0.3) is 0 Å². The molecule has 2 amide bonds. The Hall–Kier alpha value is -2.95. The number of hydrogen-bond donors (Lipinski definition) is 1. The number of carbonyl (C=O) groups is 2. The van der Waals surface area contributed by atoms with E-state index in [1.165, 1.54) is 6.26 Å². The third-order valence-electron chi connectivity index (χ3n) is 8.44. The number of rotatable bonds is 11. The van der Waals surface area contributed by atoms with Crippen LogP contribution in [0.5, 0.6) is 0 Å². The first-order chi connectivity index (χ1) is 20.1. The van der Waals surface area contributed by atoms with E-state index in [0.717, 1.165) is 56.3 Å². The zero-order chi connectivity index (χ0) is 30.1. The van der Waals surface area contributed by atoms with E-state index >= 15 is 0 Å². The van der Waals surface area contributed by atoms with Gasteiger partial charge in [0.25, 0.3) is 0 Å². The Kier molecular flexibility index (Phi) is 11.4. The lowest BCUT2D eigenvalue weighted by molar-refractivity contribution is -0.133. The SMILES string of the molecule is CCN(C(=O)Cc1ccc(S(C)(=O)=O)cc1)C1CCN(C(C)CC(NC(=O)OC2CCOCC2)c2ccccc2)CC1. The lowest BCUT2D eigenvalue weighted by Crippen LogP contribution is -2.50. The number of sulfone groups is 1. The smallest absolute Gasteiger partial charge is 0.407 e. The molecule has 4 rings (SSSR count). The van der Waals surface area contributed by atoms with Crippen LogP contribution < -0.4 is 5.32 Å². The van der Waals surface area contributed by atoms with Crippen LogP contribution in [-0.2, 0) is 30.5 Å². The van der Waals surface area contributed by atoms with Gasteiger partial charge in [-0.2, -0.15) is 0 Å². The molecule has 0 aromatic heterocycles. The monoisotopic (exact) mass is 599 g/mol. The highest BCUT2D eigenvalue weighted by Crippen LogP contribution is 2.26. The van der Waals surface area contributed by atoms with E-state index in [0.29, 0.717) is 19.8 Å². The van der Waals surface area contributed by atoms with Crippen molar-refractivity contribution >= 4 is 21.8 Å². The highest BCUT2D eigenvalue weighted by molar-refractivity contribution is 7.90. The van der Waals surface area contributed by atoms with Crippen LogP contribution in [-0.4, -0.2) is 87.5 Å². The Morgan fingerprint density at radius 2 is 1.67 bits per heavy atom. The van der Waals surface area contributed by atoms with E-state index in [9.17, 15) is 18.0 Å². The van der Waals surface area contributed by atoms with Crippen molar-refractivity contribution in [1.29, 1.82) is 0 Å². The van der Waals surface area contributed by atoms with Crippen LogP contribution in [0.2, 0.25) is 0 Å². The number of likely N-dealkylation sites (tertiary alicyclic amines) is 1. The number of piperidine rings is 1. The van der Waals surface area contributed by atoms with Crippen molar-refractivity contribution in [3.63, 3.8) is 0 Å². The number of hydrogen-bond acceptors (Lipinski definition) is 7. The number of carbonyl (C=O) groups excluding carboxylic acids is 2. The molecule has 0 radical (unpaired) electrons. The van der Waals surface area contributed by atoms with E-state index in [1.807, 2.05) is 42.2 Å². The maximum Gasteiger partial charge on any atom is 0.407 e. The minimum absolute atomic E-state index is 0.0625. The average molecular weight is 600 g/mol. The molecule has 0 bridgehead atoms. The van der Waals surface area contributed by atoms with E-state index in [1.54, 1.807) is 24.3 Å². The standard InChI is InChI=1S/C32H45N3O6S/c1-4-35(31(36)23-25-10-12-29(13-11-25)42(3,38)39)27-14-18-34(19-15-27)24(2)22-30(26-8-6-5-7-9-26)33-32(37)41-28-16-20-40-21-17-28/h5-13,24,27-28,30H,4,14-23H2,1-3H3,(H,33,37). The van der Waals surface area contributed by atoms with Gasteiger partial charge in [-0.05, 0) is 56.4 Å². The molecule has 2 aliphatic rings. The Morgan fingerprint density at radius 1 is 1.02 bits per heavy atom. The van der Waals surface area contributed by atoms with Gasteiger partial charge in [-0.1, -0.05) is 42.5 Å². The second-order valence-corrected chi connectivity index (χ2v) is 13.5. The molecule has 42 heavy (non-hydrogen) atoms. The van der Waals surface area contributed by atoms with Crippen LogP contribution in [0.15, 0.2) is 59.5 Å². The zero-order valence-electron chi connectivity index (χ0n) is 25.0. The van der Waals surface area contributed by atoms with Gasteiger partial charge in [0, 0.05) is 50.8 Å². The minimum Gasteiger partial charge on any atom is -0.446 e. The number of amides is 2. The second kappa shape index (κ2) is 15.0. The summed E-state index contributed by atoms with van der Waals surface area (Å²) in [5.41, 5.74) is 1.86. The van der Waals surface area contributed by atoms with Crippen LogP contribution in [0.1, 0.15) is 63.1 Å². The molecule has 2 fully saturated rings. The minimum atomic E-state index is -3.27. The van der Waals surface area contributed by atoms with Gasteiger partial charge in [-0.15, -0.1) is 0 Å². The van der Waals surface area contributed by atoms with Crippen LogP contribution in [0, 0.1) is 0 Å². The summed E-state index contributed by atoms with van der Waals surface area (Å²) >= 11 is 0. The summed E-state index contributed by atoms with van der Waals surface area (Å²) in [6, 6.07) is 16.8. The van der Waals surface area contributed by atoms with Crippen LogP contribution in [0.3, 0.4) is 0 Å². The normalized spacial score (nSPS) is 18.6. The summed E-state index contributed by atoms with van der Waals surface area (Å²) in [6.45, 7) is 7.81. The fourth-order valence-electron chi connectivity index (χ4n) is 5.98. The molecule has 230 valence electrons. The number of likely N-dealkylation sites (N-methyl/N-ethyl adjacent to an activating group) is 1. The Bertz CT molecular complexity index is 1260. The lowest BCUT2D eigenvalue weighted by Gasteiger charge is -2.41. The summed E-state index contributed by atoms with van der Waals surface area (Å²) in [4.78, 5) is 30.7. The fourth-order valence-corrected chi connectivity index (χ4v) is 6.61. The van der Waals surface area contributed by atoms with E-state index in [-0.39, 0.29) is 47.5 Å². The molecule has 2 atom stereocenters. The summed E-state index contributed by atoms with van der Waals surface area (Å²) in [6.07, 6.45) is 4.90. The van der Waals surface area contributed by atoms with E-state index in [4.69, 9.17) is 9.47 Å². The number of nitrogens with zero attached hydrogens (tertiary/aromatic N) is 2. The Labute approximate surface area is 250 Å². The largest absolute Gasteiger partial charge is 0.446 e. The van der Waals surface area contributed by atoms with E-state index in [2.05, 4.69) is 17.1 Å². The topological polar surface area (TPSA) is 105 Å². The summed E-state index contributed by atoms with van der Waals surface area (Å²) in [7, 11) is -3.27. The molecule has 1 N–H and O–H groups in total. The first-order valence-corrected chi connectivity index (χ1v) is 17.0. The van der Waals surface area contributed by atoms with Crippen molar-refractivity contribution in [2.75, 3.05) is 39.1 Å². The number of alkyl carbamates (subject to hydrolysis) is 1. The van der Waals surface area contributed by atoms with Gasteiger partial charge in [0.2, 0.25) is 5.91 Å². The van der Waals surface area contributed by atoms with Crippen molar-refractivity contribution < 1.29 is 27.5 Å². The molecular weight excluding hydrogens is 554 g/mol. The van der Waals surface area contributed by atoms with Gasteiger partial charge in [0.15, 0.2) is 9.84 Å². The van der Waals surface area contributed by atoms with E-state index < -0.39 is 9.84 Å². The molecule has 2 unspecified atom stereocenters. The summed E-state index contributed by atoms with van der Waals surface area (Å²) in [5.74, 6) is 0.0625. The van der Waals surface area contributed by atoms with Crippen molar-refractivity contribution in [1.82, 2.24) is 15.1 Å². The molecule has 2 heterocycles. The second-order valence-electron chi connectivity index (χ2n) is 11.4. The number of nitrogens with one attached hydrogen (secondary N) is 1. The van der Waals surface area contributed by atoms with Gasteiger partial charge in [-0.3, -0.25) is 4.79 Å². The average Bonchev–Trinajstić information content (AvgIpc) is 2.98. The number of benzene rings is 2. The highest BCUT2D eigenvalue weighted by Gasteiger charge is 2.30. The predicted molar refractivity (Wildman–Crippen MR) is 162 cm³/mol. The first-order valence-electron chi connectivity index (χ1n) is 15.1. The lowest BCUT2D eigenvalue weighted by atomic mass is 9.96. The fraction of sp³-hybridized carbons (Fsp3) is 0.562. The van der Waals surface area contributed by atoms with Crippen molar-refractivity contribution in [3.05, 3.63) is 65.7 Å². The van der Waals surface area contributed by atoms with Gasteiger partial charge in [0.1, 0.15) is 6.10 Å². The molecule has 2 aromatic carbocycles. The molecular formula is C32H45N3O6S. The van der Waals surface area contributed by atoms with Gasteiger partial charge >= 0.3 is 6.09 Å². The molecule has 2 aliphatic heterocycles. The Morgan fingerprint density at radius 3 is 2.26 bits per heavy atom. The molecule has 9 nitrogen and oxygen atoms in total. The molecule has 0 saturated carbocycles. The maximum atomic E-state index is 13.2. The number of ether oxygens (including phenoxy) is 2. The molecule has 0 aliphatic carbocycles. The zero-order valence-corrected chi connectivity index (χ0v) is 25.9. The van der Waals surface area contributed by atoms with Crippen molar-refractivity contribution in [2.45, 2.75) is 81.5 Å². The Balaban J connectivity index is 1.31.